The summed E-state index contributed by atoms with van der Waals surface area (Å²) in [7, 11) is 1.58. The number of rotatable bonds is 6. The highest BCUT2D eigenvalue weighted by molar-refractivity contribution is 9.10. The number of aryl methyl sites for hydroxylation is 1. The van der Waals surface area contributed by atoms with Gasteiger partial charge in [-0.15, -0.1) is 11.8 Å². The Balaban J connectivity index is 1.67. The number of carbonyl (C=O) groups excluding carboxylic acids is 2. The van der Waals surface area contributed by atoms with Gasteiger partial charge in [0.25, 0.3) is 0 Å². The van der Waals surface area contributed by atoms with Gasteiger partial charge in [0.1, 0.15) is 5.75 Å². The second-order valence-electron chi connectivity index (χ2n) is 6.28. The zero-order chi connectivity index (χ0) is 19.4. The van der Waals surface area contributed by atoms with E-state index >= 15 is 0 Å². The molecule has 7 heteroatoms. The van der Waals surface area contributed by atoms with Crippen molar-refractivity contribution >= 4 is 50.9 Å². The molecule has 0 radical (unpaired) electrons. The largest absolute Gasteiger partial charge is 0.495 e. The zero-order valence-electron chi connectivity index (χ0n) is 15.3. The first kappa shape index (κ1) is 19.8. The van der Waals surface area contributed by atoms with E-state index in [1.54, 1.807) is 30.2 Å². The Kier molecular flexibility index (Phi) is 6.44. The van der Waals surface area contributed by atoms with Crippen molar-refractivity contribution in [3.8, 4) is 5.75 Å². The molecule has 5 nitrogen and oxygen atoms in total. The minimum absolute atomic E-state index is 0.0815. The van der Waals surface area contributed by atoms with Crippen LogP contribution in [0, 0.1) is 6.92 Å². The number of ether oxygens (including phenoxy) is 1. The molecule has 0 atom stereocenters. The van der Waals surface area contributed by atoms with E-state index in [1.807, 2.05) is 25.1 Å². The summed E-state index contributed by atoms with van der Waals surface area (Å²) in [4.78, 5) is 27.2. The van der Waals surface area contributed by atoms with Crippen molar-refractivity contribution in [2.75, 3.05) is 29.6 Å². The molecule has 142 valence electrons. The maximum absolute atomic E-state index is 12.4. The van der Waals surface area contributed by atoms with Gasteiger partial charge in [0.15, 0.2) is 0 Å². The highest BCUT2D eigenvalue weighted by Gasteiger charge is 2.24. The number of benzene rings is 2. The minimum atomic E-state index is -0.0915. The number of nitrogens with one attached hydrogen (secondary N) is 1. The molecule has 2 aromatic rings. The minimum Gasteiger partial charge on any atom is -0.495 e. The highest BCUT2D eigenvalue weighted by Crippen LogP contribution is 2.34. The fourth-order valence-electron chi connectivity index (χ4n) is 3.00. The molecule has 0 aliphatic carbocycles. The lowest BCUT2D eigenvalue weighted by atomic mass is 10.2. The SMILES string of the molecule is COc1ccc(NC(=O)CSc2ccc(Br)cc2C)cc1N1CCCC1=O. The number of thioether (sulfide) groups is 1. The number of hydrogen-bond donors (Lipinski definition) is 1. The van der Waals surface area contributed by atoms with Gasteiger partial charge in [0, 0.05) is 28.0 Å². The maximum Gasteiger partial charge on any atom is 0.234 e. The van der Waals surface area contributed by atoms with Crippen LogP contribution in [0.2, 0.25) is 0 Å². The van der Waals surface area contributed by atoms with Crippen LogP contribution in [0.5, 0.6) is 5.75 Å². The molecule has 0 saturated carbocycles. The third-order valence-corrected chi connectivity index (χ3v) is 5.99. The van der Waals surface area contributed by atoms with Gasteiger partial charge in [-0.1, -0.05) is 15.9 Å². The fourth-order valence-corrected chi connectivity index (χ4v) is 4.28. The quantitative estimate of drug-likeness (QED) is 0.654. The van der Waals surface area contributed by atoms with Gasteiger partial charge in [-0.2, -0.15) is 0 Å². The molecule has 1 fully saturated rings. The van der Waals surface area contributed by atoms with E-state index in [0.717, 1.165) is 21.4 Å². The van der Waals surface area contributed by atoms with Crippen LogP contribution in [0.25, 0.3) is 0 Å². The third-order valence-electron chi connectivity index (χ3n) is 4.32. The monoisotopic (exact) mass is 448 g/mol. The molecular formula is C20H21BrN2O3S. The standard InChI is InChI=1S/C20H21BrN2O3S/c1-13-10-14(21)5-8-18(13)27-12-19(24)22-15-6-7-17(26-2)16(11-15)23-9-3-4-20(23)25/h5-8,10-11H,3-4,9,12H2,1-2H3,(H,22,24). The number of amides is 2. The van der Waals surface area contributed by atoms with Crippen LogP contribution < -0.4 is 15.0 Å². The summed E-state index contributed by atoms with van der Waals surface area (Å²) in [6.45, 7) is 2.69. The van der Waals surface area contributed by atoms with Gasteiger partial charge >= 0.3 is 0 Å². The van der Waals surface area contributed by atoms with Gasteiger partial charge < -0.3 is 15.0 Å². The predicted octanol–water partition coefficient (Wildman–Crippen LogP) is 4.62. The molecule has 3 rings (SSSR count). The van der Waals surface area contributed by atoms with Crippen molar-refractivity contribution in [1.82, 2.24) is 0 Å². The van der Waals surface area contributed by atoms with Crippen LogP contribution >= 0.6 is 27.7 Å². The molecule has 0 aromatic heterocycles. The van der Waals surface area contributed by atoms with Crippen molar-refractivity contribution in [2.45, 2.75) is 24.7 Å². The van der Waals surface area contributed by atoms with E-state index in [1.165, 1.54) is 11.8 Å². The summed E-state index contributed by atoms with van der Waals surface area (Å²) in [5.74, 6) is 0.930. The van der Waals surface area contributed by atoms with E-state index in [4.69, 9.17) is 4.74 Å². The summed E-state index contributed by atoms with van der Waals surface area (Å²) >= 11 is 4.94. The number of halogens is 1. The number of methoxy groups -OCH3 is 1. The molecular weight excluding hydrogens is 428 g/mol. The summed E-state index contributed by atoms with van der Waals surface area (Å²) in [6.07, 6.45) is 1.38. The normalized spacial score (nSPS) is 13.7. The van der Waals surface area contributed by atoms with Crippen molar-refractivity contribution in [2.24, 2.45) is 0 Å². The summed E-state index contributed by atoms with van der Waals surface area (Å²) in [5.41, 5.74) is 2.49. The smallest absolute Gasteiger partial charge is 0.234 e. The summed E-state index contributed by atoms with van der Waals surface area (Å²) in [6, 6.07) is 11.4. The van der Waals surface area contributed by atoms with Crippen molar-refractivity contribution < 1.29 is 14.3 Å². The Labute approximate surface area is 171 Å². The second-order valence-corrected chi connectivity index (χ2v) is 8.22. The second kappa shape index (κ2) is 8.80. The molecule has 1 heterocycles. The van der Waals surface area contributed by atoms with Gasteiger partial charge in [-0.25, -0.2) is 0 Å². The molecule has 2 amide bonds. The van der Waals surface area contributed by atoms with Gasteiger partial charge in [0.05, 0.1) is 18.6 Å². The lowest BCUT2D eigenvalue weighted by Crippen LogP contribution is -2.24. The summed E-state index contributed by atoms with van der Waals surface area (Å²) < 4.78 is 6.40. The van der Waals surface area contributed by atoms with Crippen molar-refractivity contribution in [3.63, 3.8) is 0 Å². The molecule has 27 heavy (non-hydrogen) atoms. The Morgan fingerprint density at radius 3 is 2.78 bits per heavy atom. The van der Waals surface area contributed by atoms with Crippen LogP contribution in [0.3, 0.4) is 0 Å². The van der Waals surface area contributed by atoms with E-state index in [2.05, 4.69) is 21.2 Å². The first-order valence-electron chi connectivity index (χ1n) is 8.65. The number of hydrogen-bond acceptors (Lipinski definition) is 4. The Hall–Kier alpha value is -1.99. The lowest BCUT2D eigenvalue weighted by molar-refractivity contribution is -0.117. The molecule has 1 saturated heterocycles. The molecule has 1 aliphatic rings. The van der Waals surface area contributed by atoms with Crippen LogP contribution in [0.1, 0.15) is 18.4 Å². The van der Waals surface area contributed by atoms with Gasteiger partial charge in [-0.05, 0) is 55.3 Å². The van der Waals surface area contributed by atoms with E-state index in [-0.39, 0.29) is 11.8 Å². The molecule has 2 aromatic carbocycles. The maximum atomic E-state index is 12.4. The van der Waals surface area contributed by atoms with E-state index in [0.29, 0.717) is 35.8 Å². The van der Waals surface area contributed by atoms with E-state index in [9.17, 15) is 9.59 Å². The van der Waals surface area contributed by atoms with Crippen LogP contribution in [0.4, 0.5) is 11.4 Å². The first-order valence-corrected chi connectivity index (χ1v) is 10.4. The van der Waals surface area contributed by atoms with Crippen LogP contribution in [-0.2, 0) is 9.59 Å². The van der Waals surface area contributed by atoms with Gasteiger partial charge in [-0.3, -0.25) is 9.59 Å². The molecule has 1 aliphatic heterocycles. The highest BCUT2D eigenvalue weighted by atomic mass is 79.9. The average Bonchev–Trinajstić information content (AvgIpc) is 3.06. The topological polar surface area (TPSA) is 58.6 Å². The molecule has 0 bridgehead atoms. The predicted molar refractivity (Wildman–Crippen MR) is 113 cm³/mol. The van der Waals surface area contributed by atoms with Gasteiger partial charge in [0.2, 0.25) is 11.8 Å². The number of carbonyl (C=O) groups is 2. The Morgan fingerprint density at radius 2 is 2.11 bits per heavy atom. The summed E-state index contributed by atoms with van der Waals surface area (Å²) in [5, 5.41) is 2.91. The number of nitrogens with zero attached hydrogens (tertiary/aromatic N) is 1. The van der Waals surface area contributed by atoms with E-state index < -0.39 is 0 Å². The fraction of sp³-hybridized carbons (Fsp3) is 0.300. The van der Waals surface area contributed by atoms with Crippen molar-refractivity contribution in [1.29, 1.82) is 0 Å². The molecule has 0 spiro atoms. The zero-order valence-corrected chi connectivity index (χ0v) is 17.7. The number of anilines is 2. The molecule has 1 N–H and O–H groups in total. The molecule has 0 unspecified atom stereocenters. The Morgan fingerprint density at radius 1 is 1.30 bits per heavy atom. The van der Waals surface area contributed by atoms with Crippen LogP contribution in [-0.4, -0.2) is 31.2 Å². The Bertz CT molecular complexity index is 872. The lowest BCUT2D eigenvalue weighted by Gasteiger charge is -2.20. The average molecular weight is 449 g/mol. The van der Waals surface area contributed by atoms with Crippen molar-refractivity contribution in [3.05, 3.63) is 46.4 Å². The first-order chi connectivity index (χ1) is 13.0. The third kappa shape index (κ3) is 4.84. The van der Waals surface area contributed by atoms with Crippen LogP contribution in [0.15, 0.2) is 45.8 Å².